The zero-order chi connectivity index (χ0) is 16.1. The first-order chi connectivity index (χ1) is 10.9. The van der Waals surface area contributed by atoms with Crippen molar-refractivity contribution in [3.05, 3.63) is 13.8 Å². The van der Waals surface area contributed by atoms with Gasteiger partial charge in [-0.05, 0) is 12.8 Å². The molecule has 0 saturated heterocycles. The maximum atomic E-state index is 3.89. The SMILES string of the molecule is [CH2]CCCC#CCCCCCCCCCCCCCCC[CH2]. The van der Waals surface area contributed by atoms with Crippen molar-refractivity contribution >= 4 is 0 Å². The van der Waals surface area contributed by atoms with Crippen LogP contribution in [0.4, 0.5) is 0 Å². The highest BCUT2D eigenvalue weighted by atomic mass is 14.0. The average molecular weight is 305 g/mol. The van der Waals surface area contributed by atoms with Crippen molar-refractivity contribution < 1.29 is 0 Å². The van der Waals surface area contributed by atoms with Crippen LogP contribution in [0.3, 0.4) is 0 Å². The van der Waals surface area contributed by atoms with Gasteiger partial charge in [0, 0.05) is 12.8 Å². The fourth-order valence-electron chi connectivity index (χ4n) is 2.72. The molecule has 0 aromatic heterocycles. The lowest BCUT2D eigenvalue weighted by atomic mass is 10.0. The van der Waals surface area contributed by atoms with Crippen LogP contribution in [0.2, 0.25) is 0 Å². The smallest absolute Gasteiger partial charge is 0.00886 e. The van der Waals surface area contributed by atoms with E-state index >= 15 is 0 Å². The van der Waals surface area contributed by atoms with Gasteiger partial charge < -0.3 is 0 Å². The summed E-state index contributed by atoms with van der Waals surface area (Å²) in [5.74, 6) is 6.52. The van der Waals surface area contributed by atoms with E-state index < -0.39 is 0 Å². The van der Waals surface area contributed by atoms with E-state index in [0.29, 0.717) is 0 Å². The van der Waals surface area contributed by atoms with Crippen LogP contribution >= 0.6 is 0 Å². The van der Waals surface area contributed by atoms with Gasteiger partial charge in [-0.2, -0.15) is 0 Å². The Labute approximate surface area is 141 Å². The fraction of sp³-hybridized carbons (Fsp3) is 0.818. The Morgan fingerprint density at radius 1 is 0.364 bits per heavy atom. The molecule has 0 bridgehead atoms. The molecule has 0 aliphatic rings. The van der Waals surface area contributed by atoms with E-state index in [1.54, 1.807) is 0 Å². The Bertz CT molecular complexity index is 242. The maximum absolute atomic E-state index is 3.89. The fourth-order valence-corrected chi connectivity index (χ4v) is 2.72. The summed E-state index contributed by atoms with van der Waals surface area (Å²) in [5.41, 5.74) is 0. The van der Waals surface area contributed by atoms with E-state index in [-0.39, 0.29) is 0 Å². The highest BCUT2D eigenvalue weighted by molar-refractivity contribution is 4.98. The van der Waals surface area contributed by atoms with Crippen molar-refractivity contribution in [2.75, 3.05) is 0 Å². The summed E-state index contributed by atoms with van der Waals surface area (Å²) in [6.07, 6.45) is 23.8. The van der Waals surface area contributed by atoms with Crippen LogP contribution in [0, 0.1) is 25.7 Å². The van der Waals surface area contributed by atoms with Gasteiger partial charge in [-0.25, -0.2) is 0 Å². The molecule has 0 aromatic rings. The molecular formula is C22H40. The second-order valence-electron chi connectivity index (χ2n) is 6.51. The van der Waals surface area contributed by atoms with Crippen LogP contribution < -0.4 is 0 Å². The number of hydrogen-bond acceptors (Lipinski definition) is 0. The average Bonchev–Trinajstić information content (AvgIpc) is 2.54. The van der Waals surface area contributed by atoms with Gasteiger partial charge in [0.05, 0.1) is 0 Å². The van der Waals surface area contributed by atoms with Crippen LogP contribution in [0.1, 0.15) is 116 Å². The van der Waals surface area contributed by atoms with E-state index in [9.17, 15) is 0 Å². The van der Waals surface area contributed by atoms with Gasteiger partial charge in [0.15, 0.2) is 0 Å². The van der Waals surface area contributed by atoms with Crippen molar-refractivity contribution in [2.24, 2.45) is 0 Å². The monoisotopic (exact) mass is 304 g/mol. The van der Waals surface area contributed by atoms with Crippen LogP contribution in [0.25, 0.3) is 0 Å². The molecule has 0 rings (SSSR count). The molecule has 0 spiro atoms. The quantitative estimate of drug-likeness (QED) is 0.202. The van der Waals surface area contributed by atoms with E-state index in [1.807, 2.05) is 0 Å². The molecule has 0 heteroatoms. The Morgan fingerprint density at radius 3 is 1.09 bits per heavy atom. The summed E-state index contributed by atoms with van der Waals surface area (Å²) in [6.45, 7) is 7.72. The zero-order valence-electron chi connectivity index (χ0n) is 15.1. The predicted molar refractivity (Wildman–Crippen MR) is 102 cm³/mol. The number of unbranched alkanes of at least 4 members (excludes halogenated alkanes) is 16. The van der Waals surface area contributed by atoms with E-state index in [2.05, 4.69) is 25.7 Å². The summed E-state index contributed by atoms with van der Waals surface area (Å²) in [5, 5.41) is 0. The summed E-state index contributed by atoms with van der Waals surface area (Å²) in [6, 6.07) is 0. The largest absolute Gasteiger partial charge is 0.103 e. The van der Waals surface area contributed by atoms with Crippen molar-refractivity contribution in [1.29, 1.82) is 0 Å². The highest BCUT2D eigenvalue weighted by Gasteiger charge is 1.93. The van der Waals surface area contributed by atoms with Crippen LogP contribution in [-0.4, -0.2) is 0 Å². The molecule has 0 unspecified atom stereocenters. The van der Waals surface area contributed by atoms with Gasteiger partial charge in [-0.1, -0.05) is 104 Å². The minimum atomic E-state index is 1.02. The molecule has 0 N–H and O–H groups in total. The van der Waals surface area contributed by atoms with Gasteiger partial charge in [0.2, 0.25) is 0 Å². The highest BCUT2D eigenvalue weighted by Crippen LogP contribution is 2.13. The summed E-state index contributed by atoms with van der Waals surface area (Å²) in [7, 11) is 0. The van der Waals surface area contributed by atoms with E-state index in [1.165, 1.54) is 83.5 Å². The molecule has 0 aliphatic heterocycles. The summed E-state index contributed by atoms with van der Waals surface area (Å²) >= 11 is 0. The van der Waals surface area contributed by atoms with Crippen LogP contribution in [0.5, 0.6) is 0 Å². The third-order valence-corrected chi connectivity index (χ3v) is 4.23. The normalized spacial score (nSPS) is 10.5. The van der Waals surface area contributed by atoms with Crippen LogP contribution in [0.15, 0.2) is 0 Å². The van der Waals surface area contributed by atoms with E-state index in [0.717, 1.165) is 32.1 Å². The number of rotatable bonds is 16. The molecule has 22 heavy (non-hydrogen) atoms. The maximum Gasteiger partial charge on any atom is 0.00886 e. The Balaban J connectivity index is 3.00. The summed E-state index contributed by atoms with van der Waals surface area (Å²) in [4.78, 5) is 0. The Hall–Kier alpha value is -0.440. The second kappa shape index (κ2) is 20.6. The molecule has 0 aromatic carbocycles. The molecular weight excluding hydrogens is 264 g/mol. The molecule has 0 heterocycles. The predicted octanol–water partition coefficient (Wildman–Crippen LogP) is 7.68. The minimum Gasteiger partial charge on any atom is -0.103 e. The zero-order valence-corrected chi connectivity index (χ0v) is 15.1. The van der Waals surface area contributed by atoms with Gasteiger partial charge in [0.25, 0.3) is 0 Å². The molecule has 0 amide bonds. The Morgan fingerprint density at radius 2 is 0.682 bits per heavy atom. The third kappa shape index (κ3) is 19.6. The summed E-state index contributed by atoms with van der Waals surface area (Å²) < 4.78 is 0. The van der Waals surface area contributed by atoms with Crippen molar-refractivity contribution in [3.8, 4) is 11.8 Å². The molecule has 0 aliphatic carbocycles. The lowest BCUT2D eigenvalue weighted by Gasteiger charge is -2.02. The van der Waals surface area contributed by atoms with Gasteiger partial charge in [-0.15, -0.1) is 11.8 Å². The molecule has 0 saturated carbocycles. The van der Waals surface area contributed by atoms with Crippen molar-refractivity contribution in [1.82, 2.24) is 0 Å². The standard InChI is InChI=1S/C22H40/c1-3-5-7-9-11-13-15-17-19-21-22-20-18-16-14-12-10-8-6-4-2/h1-9,11,13-22H2. The first-order valence-electron chi connectivity index (χ1n) is 9.96. The second-order valence-corrected chi connectivity index (χ2v) is 6.51. The first kappa shape index (κ1) is 21.6. The van der Waals surface area contributed by atoms with Crippen molar-refractivity contribution in [3.63, 3.8) is 0 Å². The third-order valence-electron chi connectivity index (χ3n) is 4.23. The topological polar surface area (TPSA) is 0 Å². The van der Waals surface area contributed by atoms with Gasteiger partial charge >= 0.3 is 0 Å². The van der Waals surface area contributed by atoms with Crippen LogP contribution in [-0.2, 0) is 0 Å². The Kier molecular flexibility index (Phi) is 20.1. The van der Waals surface area contributed by atoms with E-state index in [4.69, 9.17) is 0 Å². The molecule has 0 nitrogen and oxygen atoms in total. The number of hydrogen-bond donors (Lipinski definition) is 0. The van der Waals surface area contributed by atoms with Crippen molar-refractivity contribution in [2.45, 2.75) is 116 Å². The molecule has 2 radical (unpaired) electrons. The lowest BCUT2D eigenvalue weighted by molar-refractivity contribution is 0.538. The molecule has 0 atom stereocenters. The van der Waals surface area contributed by atoms with Gasteiger partial charge in [0.1, 0.15) is 0 Å². The van der Waals surface area contributed by atoms with Gasteiger partial charge in [-0.3, -0.25) is 0 Å². The minimum absolute atomic E-state index is 1.02. The molecule has 128 valence electrons. The first-order valence-corrected chi connectivity index (χ1v) is 9.96. The lowest BCUT2D eigenvalue weighted by Crippen LogP contribution is -1.83. The molecule has 0 fully saturated rings.